The summed E-state index contributed by atoms with van der Waals surface area (Å²) >= 11 is 4.89. The molecule has 1 aromatic heterocycles. The maximum atomic E-state index is 11.4. The van der Waals surface area contributed by atoms with Crippen LogP contribution in [0.5, 0.6) is 0 Å². The van der Waals surface area contributed by atoms with Gasteiger partial charge in [-0.05, 0) is 12.1 Å². The van der Waals surface area contributed by atoms with Crippen LogP contribution < -0.4 is 29.6 Å². The fourth-order valence-corrected chi connectivity index (χ4v) is 1.01. The molecule has 0 saturated carbocycles. The third-order valence-electron chi connectivity index (χ3n) is 1.41. The van der Waals surface area contributed by atoms with Gasteiger partial charge in [0.1, 0.15) is 0 Å². The van der Waals surface area contributed by atoms with E-state index in [-0.39, 0.29) is 35.5 Å². The van der Waals surface area contributed by atoms with Crippen molar-refractivity contribution < 1.29 is 34.4 Å². The van der Waals surface area contributed by atoms with Crippen LogP contribution in [0.2, 0.25) is 0 Å². The molecule has 0 atom stereocenters. The van der Waals surface area contributed by atoms with Crippen molar-refractivity contribution in [3.63, 3.8) is 0 Å². The maximum Gasteiger partial charge on any atom is 1.00 e. The summed E-state index contributed by atoms with van der Waals surface area (Å²) in [5.74, 6) is -0.104. The zero-order valence-electron chi connectivity index (χ0n) is 7.94. The average Bonchev–Trinajstić information content (AvgIpc) is 2.04. The topological polar surface area (TPSA) is 33.2 Å². The summed E-state index contributed by atoms with van der Waals surface area (Å²) in [5.41, 5.74) is 0.484. The van der Waals surface area contributed by atoms with E-state index in [1.807, 2.05) is 0 Å². The van der Waals surface area contributed by atoms with E-state index in [0.717, 1.165) is 0 Å². The largest absolute Gasteiger partial charge is 1.00 e. The SMILES string of the molecule is CN(C)C(=O)c1cccnc1[S-].[Na+]. The molecule has 0 fully saturated rings. The molecule has 1 heterocycles. The third-order valence-corrected chi connectivity index (χ3v) is 1.73. The number of nitrogens with zero attached hydrogens (tertiary/aromatic N) is 2. The second-order valence-electron chi connectivity index (χ2n) is 2.56. The summed E-state index contributed by atoms with van der Waals surface area (Å²) in [6.45, 7) is 0. The zero-order valence-corrected chi connectivity index (χ0v) is 10.8. The van der Waals surface area contributed by atoms with E-state index >= 15 is 0 Å². The van der Waals surface area contributed by atoms with Crippen molar-refractivity contribution in [3.05, 3.63) is 23.9 Å². The Morgan fingerprint density at radius 2 is 2.15 bits per heavy atom. The Hall–Kier alpha value is -0.160. The number of carbonyl (C=O) groups excluding carboxylic acids is 1. The fourth-order valence-electron chi connectivity index (χ4n) is 0.794. The van der Waals surface area contributed by atoms with Crippen LogP contribution in [0.1, 0.15) is 10.4 Å². The third kappa shape index (κ3) is 3.23. The van der Waals surface area contributed by atoms with Gasteiger partial charge in [-0.15, -0.1) is 0 Å². The van der Waals surface area contributed by atoms with Crippen molar-refractivity contribution in [2.24, 2.45) is 0 Å². The molecule has 0 unspecified atom stereocenters. The van der Waals surface area contributed by atoms with Crippen LogP contribution in [0.3, 0.4) is 0 Å². The molecule has 0 saturated heterocycles. The minimum atomic E-state index is -0.104. The molecule has 0 N–H and O–H groups in total. The second kappa shape index (κ2) is 5.54. The number of carbonyl (C=O) groups is 1. The van der Waals surface area contributed by atoms with E-state index in [1.54, 1.807) is 32.4 Å². The predicted molar refractivity (Wildman–Crippen MR) is 47.9 cm³/mol. The van der Waals surface area contributed by atoms with Crippen molar-refractivity contribution in [3.8, 4) is 0 Å². The molecule has 1 rings (SSSR count). The molecule has 5 heteroatoms. The Balaban J connectivity index is 0.00000144. The van der Waals surface area contributed by atoms with Crippen LogP contribution >= 0.6 is 0 Å². The summed E-state index contributed by atoms with van der Waals surface area (Å²) in [5, 5.41) is 0.358. The monoisotopic (exact) mass is 204 g/mol. The van der Waals surface area contributed by atoms with E-state index in [4.69, 9.17) is 12.6 Å². The smallest absolute Gasteiger partial charge is 0.759 e. The first-order valence-corrected chi connectivity index (χ1v) is 3.87. The Bertz CT molecular complexity index is 304. The Kier molecular flexibility index (Phi) is 5.48. The molecule has 13 heavy (non-hydrogen) atoms. The summed E-state index contributed by atoms with van der Waals surface area (Å²) < 4.78 is 0. The summed E-state index contributed by atoms with van der Waals surface area (Å²) in [6, 6.07) is 3.38. The molecule has 0 radical (unpaired) electrons. The predicted octanol–water partition coefficient (Wildman–Crippen LogP) is -2.31. The molecule has 1 aromatic rings. The first-order valence-electron chi connectivity index (χ1n) is 3.46. The van der Waals surface area contributed by atoms with Gasteiger partial charge in [0.2, 0.25) is 0 Å². The number of aromatic nitrogens is 1. The molecule has 0 aliphatic heterocycles. The van der Waals surface area contributed by atoms with Crippen molar-refractivity contribution in [2.75, 3.05) is 14.1 Å². The quantitative estimate of drug-likeness (QED) is 0.381. The van der Waals surface area contributed by atoms with E-state index in [9.17, 15) is 4.79 Å². The normalized spacial score (nSPS) is 8.77. The summed E-state index contributed by atoms with van der Waals surface area (Å²) in [7, 11) is 3.37. The standard InChI is InChI=1S/C8H10N2OS.Na/c1-10(2)8(11)6-4-3-5-9-7(6)12;/h3-5H,1-2H3,(H,9,12);/q;+1/p-1. The van der Waals surface area contributed by atoms with E-state index in [1.165, 1.54) is 4.90 Å². The van der Waals surface area contributed by atoms with Gasteiger partial charge < -0.3 is 17.5 Å². The average molecular weight is 204 g/mol. The molecule has 64 valence electrons. The van der Waals surface area contributed by atoms with E-state index < -0.39 is 0 Å². The molecule has 0 aliphatic rings. The molecule has 3 nitrogen and oxygen atoms in total. The number of rotatable bonds is 1. The number of amides is 1. The van der Waals surface area contributed by atoms with Crippen molar-refractivity contribution in [1.82, 2.24) is 9.88 Å². The number of pyridine rings is 1. The van der Waals surface area contributed by atoms with Gasteiger partial charge in [0.15, 0.2) is 0 Å². The zero-order chi connectivity index (χ0) is 9.14. The van der Waals surface area contributed by atoms with Crippen LogP contribution in [0.15, 0.2) is 23.4 Å². The van der Waals surface area contributed by atoms with Gasteiger partial charge >= 0.3 is 29.6 Å². The Morgan fingerprint density at radius 3 is 2.62 bits per heavy atom. The van der Waals surface area contributed by atoms with Crippen LogP contribution in [0, 0.1) is 0 Å². The van der Waals surface area contributed by atoms with E-state index in [2.05, 4.69) is 4.98 Å². The molecule has 0 bridgehead atoms. The van der Waals surface area contributed by atoms with Crippen LogP contribution in [0.25, 0.3) is 0 Å². The van der Waals surface area contributed by atoms with Crippen LogP contribution in [-0.4, -0.2) is 29.9 Å². The fraction of sp³-hybridized carbons (Fsp3) is 0.250. The first-order chi connectivity index (χ1) is 5.63. The van der Waals surface area contributed by atoms with Gasteiger partial charge in [0.05, 0.1) is 0 Å². The minimum absolute atomic E-state index is 0. The Labute approximate surface area is 105 Å². The maximum absolute atomic E-state index is 11.4. The van der Waals surface area contributed by atoms with Crippen molar-refractivity contribution in [1.29, 1.82) is 0 Å². The van der Waals surface area contributed by atoms with Gasteiger partial charge in [-0.3, -0.25) is 9.78 Å². The number of hydrogen-bond donors (Lipinski definition) is 0. The Morgan fingerprint density at radius 1 is 1.54 bits per heavy atom. The molecular weight excluding hydrogens is 195 g/mol. The minimum Gasteiger partial charge on any atom is -0.759 e. The van der Waals surface area contributed by atoms with Crippen molar-refractivity contribution >= 4 is 18.5 Å². The molecule has 0 spiro atoms. The molecule has 1 amide bonds. The molecule has 0 aromatic carbocycles. The van der Waals surface area contributed by atoms with Gasteiger partial charge in [-0.25, -0.2) is 0 Å². The van der Waals surface area contributed by atoms with Gasteiger partial charge in [-0.2, -0.15) is 0 Å². The number of hydrogen-bond acceptors (Lipinski definition) is 3. The van der Waals surface area contributed by atoms with Gasteiger partial charge in [0.25, 0.3) is 5.91 Å². The molecular formula is C8H9N2NaOS. The second-order valence-corrected chi connectivity index (χ2v) is 2.94. The van der Waals surface area contributed by atoms with Gasteiger partial charge in [0, 0.05) is 25.9 Å². The first kappa shape index (κ1) is 12.8. The summed E-state index contributed by atoms with van der Waals surface area (Å²) in [6.07, 6.45) is 1.58. The molecule has 0 aliphatic carbocycles. The van der Waals surface area contributed by atoms with E-state index in [0.29, 0.717) is 10.6 Å². The van der Waals surface area contributed by atoms with Crippen LogP contribution in [-0.2, 0) is 12.6 Å². The van der Waals surface area contributed by atoms with Gasteiger partial charge in [-0.1, -0.05) is 5.03 Å². The van der Waals surface area contributed by atoms with Crippen molar-refractivity contribution in [2.45, 2.75) is 5.03 Å². The van der Waals surface area contributed by atoms with Crippen LogP contribution in [0.4, 0.5) is 0 Å². The summed E-state index contributed by atoms with van der Waals surface area (Å²) in [4.78, 5) is 16.7.